The van der Waals surface area contributed by atoms with E-state index in [-0.39, 0.29) is 24.3 Å². The summed E-state index contributed by atoms with van der Waals surface area (Å²) < 4.78 is 12.0. The quantitative estimate of drug-likeness (QED) is 0.443. The van der Waals surface area contributed by atoms with Crippen LogP contribution in [0.5, 0.6) is 0 Å². The van der Waals surface area contributed by atoms with Crippen molar-refractivity contribution >= 4 is 22.8 Å². The van der Waals surface area contributed by atoms with Gasteiger partial charge in [0.05, 0.1) is 25.3 Å². The second-order valence-corrected chi connectivity index (χ2v) is 7.05. The molecule has 6 nitrogen and oxygen atoms in total. The van der Waals surface area contributed by atoms with E-state index in [2.05, 4.69) is 0 Å². The molecule has 156 valence electrons. The molecule has 0 fully saturated rings. The number of pyridine rings is 1. The van der Waals surface area contributed by atoms with Gasteiger partial charge in [-0.1, -0.05) is 48.5 Å². The molecule has 0 unspecified atom stereocenters. The van der Waals surface area contributed by atoms with Gasteiger partial charge in [-0.2, -0.15) is 0 Å². The first-order valence-corrected chi connectivity index (χ1v) is 9.94. The lowest BCUT2D eigenvalue weighted by Gasteiger charge is -2.27. The predicted octanol–water partition coefficient (Wildman–Crippen LogP) is 3.43. The number of para-hydroxylation sites is 1. The number of carbonyl (C=O) groups excluding carboxylic acids is 2. The third kappa shape index (κ3) is 3.85. The van der Waals surface area contributed by atoms with Crippen molar-refractivity contribution in [3.63, 3.8) is 0 Å². The molecular weight excluding hydrogens is 382 g/mol. The van der Waals surface area contributed by atoms with Crippen LogP contribution in [-0.2, 0) is 31.0 Å². The Morgan fingerprint density at radius 2 is 1.47 bits per heavy atom. The Morgan fingerprint density at radius 3 is 2.07 bits per heavy atom. The number of ether oxygens (including phenoxy) is 2. The first-order valence-electron chi connectivity index (χ1n) is 9.94. The second kappa shape index (κ2) is 8.95. The largest absolute Gasteiger partial charge is 0.465 e. The number of carbonyl (C=O) groups is 2. The van der Waals surface area contributed by atoms with Gasteiger partial charge in [0.15, 0.2) is 5.41 Å². The zero-order valence-corrected chi connectivity index (χ0v) is 17.4. The van der Waals surface area contributed by atoms with Gasteiger partial charge in [-0.3, -0.25) is 14.4 Å². The summed E-state index contributed by atoms with van der Waals surface area (Å²) in [7, 11) is 0. The van der Waals surface area contributed by atoms with E-state index >= 15 is 0 Å². The Kier molecular flexibility index (Phi) is 6.35. The smallest absolute Gasteiger partial charge is 0.327 e. The van der Waals surface area contributed by atoms with Gasteiger partial charge in [0.1, 0.15) is 0 Å². The second-order valence-electron chi connectivity index (χ2n) is 7.05. The molecule has 0 saturated carbocycles. The highest BCUT2D eigenvalue weighted by atomic mass is 16.6. The van der Waals surface area contributed by atoms with Crippen LogP contribution in [-0.4, -0.2) is 29.7 Å². The van der Waals surface area contributed by atoms with Crippen molar-refractivity contribution < 1.29 is 19.1 Å². The summed E-state index contributed by atoms with van der Waals surface area (Å²) in [5.74, 6) is -1.48. The zero-order chi connectivity index (χ0) is 21.7. The fourth-order valence-corrected chi connectivity index (χ4v) is 3.53. The molecule has 30 heavy (non-hydrogen) atoms. The van der Waals surface area contributed by atoms with Crippen LogP contribution in [0.2, 0.25) is 0 Å². The summed E-state index contributed by atoms with van der Waals surface area (Å²) in [5, 5.41) is 0.622. The Balaban J connectivity index is 2.26. The van der Waals surface area contributed by atoms with Crippen molar-refractivity contribution in [3.05, 3.63) is 82.1 Å². The van der Waals surface area contributed by atoms with E-state index in [1.54, 1.807) is 36.6 Å². The lowest BCUT2D eigenvalue weighted by atomic mass is 9.80. The number of hydrogen-bond donors (Lipinski definition) is 0. The summed E-state index contributed by atoms with van der Waals surface area (Å²) in [6.07, 6.45) is 0. The molecule has 1 aromatic heterocycles. The van der Waals surface area contributed by atoms with Crippen LogP contribution in [0, 0.1) is 0 Å². The van der Waals surface area contributed by atoms with E-state index in [0.717, 1.165) is 5.56 Å². The summed E-state index contributed by atoms with van der Waals surface area (Å²) in [6.45, 7) is 5.37. The van der Waals surface area contributed by atoms with Crippen LogP contribution in [0.3, 0.4) is 0 Å². The van der Waals surface area contributed by atoms with Crippen LogP contribution >= 0.6 is 0 Å². The fourth-order valence-electron chi connectivity index (χ4n) is 3.53. The minimum atomic E-state index is -1.75. The molecule has 0 N–H and O–H groups in total. The highest BCUT2D eigenvalue weighted by molar-refractivity contribution is 6.09. The Morgan fingerprint density at radius 1 is 0.900 bits per heavy atom. The van der Waals surface area contributed by atoms with Gasteiger partial charge in [-0.25, -0.2) is 0 Å². The molecule has 1 heterocycles. The lowest BCUT2D eigenvalue weighted by molar-refractivity contribution is -0.163. The average Bonchev–Trinajstić information content (AvgIpc) is 2.76. The summed E-state index contributed by atoms with van der Waals surface area (Å²) >= 11 is 0. The summed E-state index contributed by atoms with van der Waals surface area (Å²) in [5.41, 5.74) is -0.187. The molecule has 3 aromatic rings. The number of aromatic nitrogens is 1. The van der Waals surface area contributed by atoms with Gasteiger partial charge >= 0.3 is 11.9 Å². The topological polar surface area (TPSA) is 74.6 Å². The molecule has 0 amide bonds. The van der Waals surface area contributed by atoms with Crippen LogP contribution in [0.25, 0.3) is 10.9 Å². The first kappa shape index (κ1) is 21.3. The summed E-state index contributed by atoms with van der Waals surface area (Å²) in [6, 6.07) is 18.2. The van der Waals surface area contributed by atoms with Gasteiger partial charge in [-0.15, -0.1) is 0 Å². The number of benzene rings is 2. The predicted molar refractivity (Wildman–Crippen MR) is 114 cm³/mol. The molecule has 2 aromatic carbocycles. The van der Waals surface area contributed by atoms with E-state index in [1.165, 1.54) is 13.0 Å². The average molecular weight is 407 g/mol. The van der Waals surface area contributed by atoms with Gasteiger partial charge in [0.2, 0.25) is 0 Å². The zero-order valence-electron chi connectivity index (χ0n) is 17.4. The van der Waals surface area contributed by atoms with Crippen molar-refractivity contribution in [2.24, 2.45) is 0 Å². The lowest BCUT2D eigenvalue weighted by Crippen LogP contribution is -2.44. The molecule has 0 aliphatic heterocycles. The Labute approximate surface area is 175 Å². The molecule has 0 spiro atoms. The number of nitrogens with zero attached hydrogens (tertiary/aromatic N) is 1. The van der Waals surface area contributed by atoms with Gasteiger partial charge in [0.25, 0.3) is 5.56 Å². The van der Waals surface area contributed by atoms with E-state index in [9.17, 15) is 14.4 Å². The van der Waals surface area contributed by atoms with Crippen LogP contribution in [0.1, 0.15) is 31.9 Å². The van der Waals surface area contributed by atoms with Crippen molar-refractivity contribution in [1.82, 2.24) is 4.57 Å². The first-order chi connectivity index (χ1) is 14.4. The van der Waals surface area contributed by atoms with Crippen molar-refractivity contribution in [3.8, 4) is 0 Å². The minimum Gasteiger partial charge on any atom is -0.465 e. The number of hydrogen-bond acceptors (Lipinski definition) is 5. The Bertz CT molecular complexity index is 1100. The van der Waals surface area contributed by atoms with E-state index in [4.69, 9.17) is 9.47 Å². The highest BCUT2D eigenvalue weighted by Gasteiger charge is 2.47. The highest BCUT2D eigenvalue weighted by Crippen LogP contribution is 2.32. The number of rotatable bonds is 7. The maximum atomic E-state index is 13.1. The Hall–Kier alpha value is -3.41. The molecule has 0 radical (unpaired) electrons. The molecule has 0 atom stereocenters. The van der Waals surface area contributed by atoms with Crippen LogP contribution in [0.4, 0.5) is 0 Å². The number of fused-ring (bicyclic) bond motifs is 1. The summed E-state index contributed by atoms with van der Waals surface area (Å²) in [4.78, 5) is 38.9. The van der Waals surface area contributed by atoms with Gasteiger partial charge < -0.3 is 14.0 Å². The minimum absolute atomic E-state index is 0.108. The molecular formula is C24H25NO5. The normalized spacial score (nSPS) is 11.3. The third-order valence-corrected chi connectivity index (χ3v) is 5.11. The molecule has 0 aliphatic carbocycles. The van der Waals surface area contributed by atoms with Gasteiger partial charge in [-0.05, 0) is 38.0 Å². The molecule has 3 rings (SSSR count). The van der Waals surface area contributed by atoms with Crippen molar-refractivity contribution in [2.75, 3.05) is 13.2 Å². The van der Waals surface area contributed by atoms with E-state index in [0.29, 0.717) is 17.4 Å². The van der Waals surface area contributed by atoms with Crippen molar-refractivity contribution in [2.45, 2.75) is 32.7 Å². The monoisotopic (exact) mass is 407 g/mol. The van der Waals surface area contributed by atoms with Gasteiger partial charge in [0, 0.05) is 11.5 Å². The SMILES string of the molecule is CCOC(=O)C(C)(C(=O)OCC)c1cc(=O)n(Cc2ccccc2)c2ccccc12. The maximum absolute atomic E-state index is 13.1. The van der Waals surface area contributed by atoms with E-state index in [1.807, 2.05) is 36.4 Å². The molecule has 6 heteroatoms. The fraction of sp³-hybridized carbons (Fsp3) is 0.292. The van der Waals surface area contributed by atoms with Crippen LogP contribution < -0.4 is 5.56 Å². The number of esters is 2. The third-order valence-electron chi connectivity index (χ3n) is 5.11. The molecule has 0 saturated heterocycles. The van der Waals surface area contributed by atoms with E-state index < -0.39 is 17.4 Å². The molecule has 0 bridgehead atoms. The van der Waals surface area contributed by atoms with Crippen LogP contribution in [0.15, 0.2) is 65.5 Å². The van der Waals surface area contributed by atoms with Crippen molar-refractivity contribution in [1.29, 1.82) is 0 Å². The molecule has 0 aliphatic rings. The maximum Gasteiger partial charge on any atom is 0.327 e. The standard InChI is InChI=1S/C24H25NO5/c1-4-29-22(27)24(3,23(28)30-5-2)19-15-21(26)25(16-17-11-7-6-8-12-17)20-14-10-9-13-18(19)20/h6-15H,4-5,16H2,1-3H3.